The molecular formula is C29H38BN3O4. The molecule has 1 aliphatic heterocycles. The molecule has 2 heterocycles. The number of H-pyrrole nitrogens is 1. The summed E-state index contributed by atoms with van der Waals surface area (Å²) in [5.41, 5.74) is 3.91. The van der Waals surface area contributed by atoms with Crippen LogP contribution in [0.1, 0.15) is 79.5 Å². The second-order valence-corrected chi connectivity index (χ2v) is 12.4. The van der Waals surface area contributed by atoms with E-state index in [4.69, 9.17) is 19.0 Å². The number of ether oxygens (including phenoxy) is 1. The largest absolute Gasteiger partial charge is 0.494 e. The summed E-state index contributed by atoms with van der Waals surface area (Å²) in [5, 5.41) is 3.06. The monoisotopic (exact) mass is 503 g/mol. The predicted octanol–water partition coefficient (Wildman–Crippen LogP) is 5.69. The topological polar surface area (TPSA) is 85.5 Å². The van der Waals surface area contributed by atoms with Gasteiger partial charge in [0.25, 0.3) is 0 Å². The van der Waals surface area contributed by atoms with Gasteiger partial charge in [-0.3, -0.25) is 0 Å². The molecule has 196 valence electrons. The lowest BCUT2D eigenvalue weighted by Gasteiger charge is -2.32. The van der Waals surface area contributed by atoms with Gasteiger partial charge in [0.15, 0.2) is 0 Å². The SMILES string of the molecule is CC(C)(C)OC(=O)N[C@H]1CCC[C@@H]1c1nc2ccc(-c3ccc(B4OC(C)(C)C(C)(C)O4)cc3)cc2[nH]1. The molecule has 7 nitrogen and oxygen atoms in total. The third kappa shape index (κ3) is 5.27. The van der Waals surface area contributed by atoms with Gasteiger partial charge >= 0.3 is 13.2 Å². The van der Waals surface area contributed by atoms with E-state index in [0.717, 1.165) is 52.7 Å². The van der Waals surface area contributed by atoms with Crippen molar-refractivity contribution in [3.63, 3.8) is 0 Å². The van der Waals surface area contributed by atoms with Gasteiger partial charge in [-0.25, -0.2) is 9.78 Å². The number of hydrogen-bond donors (Lipinski definition) is 2. The number of benzene rings is 2. The Labute approximate surface area is 219 Å². The minimum Gasteiger partial charge on any atom is -0.444 e. The number of carbonyl (C=O) groups is 1. The molecule has 2 N–H and O–H groups in total. The van der Waals surface area contributed by atoms with Gasteiger partial charge in [-0.15, -0.1) is 0 Å². The van der Waals surface area contributed by atoms with E-state index in [2.05, 4.69) is 80.5 Å². The lowest BCUT2D eigenvalue weighted by atomic mass is 9.78. The third-order valence-electron chi connectivity index (χ3n) is 7.84. The summed E-state index contributed by atoms with van der Waals surface area (Å²) in [4.78, 5) is 20.8. The first kappa shape index (κ1) is 25.8. The smallest absolute Gasteiger partial charge is 0.444 e. The van der Waals surface area contributed by atoms with E-state index >= 15 is 0 Å². The van der Waals surface area contributed by atoms with Gasteiger partial charge in [0.05, 0.1) is 22.2 Å². The van der Waals surface area contributed by atoms with E-state index in [1.54, 1.807) is 0 Å². The number of hydrogen-bond acceptors (Lipinski definition) is 5. The summed E-state index contributed by atoms with van der Waals surface area (Å²) in [7, 11) is -0.370. The number of aromatic nitrogens is 2. The lowest BCUT2D eigenvalue weighted by Crippen LogP contribution is -2.41. The highest BCUT2D eigenvalue weighted by Crippen LogP contribution is 2.37. The minimum atomic E-state index is -0.517. The zero-order valence-electron chi connectivity index (χ0n) is 23.0. The number of carbonyl (C=O) groups excluding carboxylic acids is 1. The molecule has 5 rings (SSSR count). The van der Waals surface area contributed by atoms with Gasteiger partial charge in [0.1, 0.15) is 11.4 Å². The van der Waals surface area contributed by atoms with Crippen molar-refractivity contribution in [3.05, 3.63) is 48.3 Å². The van der Waals surface area contributed by atoms with Crippen LogP contribution < -0.4 is 10.8 Å². The number of amides is 1. The highest BCUT2D eigenvalue weighted by Gasteiger charge is 2.51. The fourth-order valence-corrected chi connectivity index (χ4v) is 5.12. The van der Waals surface area contributed by atoms with Crippen LogP contribution in [0.2, 0.25) is 0 Å². The second-order valence-electron chi connectivity index (χ2n) is 12.4. The minimum absolute atomic E-state index is 0.0115. The summed E-state index contributed by atoms with van der Waals surface area (Å²) in [6.07, 6.45) is 2.57. The van der Waals surface area contributed by atoms with Crippen LogP contribution in [-0.4, -0.2) is 46.0 Å². The van der Waals surface area contributed by atoms with Crippen LogP contribution in [-0.2, 0) is 14.0 Å². The fraction of sp³-hybridized carbons (Fsp3) is 0.517. The van der Waals surface area contributed by atoms with Crippen molar-refractivity contribution in [2.45, 2.75) is 96.5 Å². The summed E-state index contributed by atoms with van der Waals surface area (Å²) >= 11 is 0. The van der Waals surface area contributed by atoms with Crippen LogP contribution in [0.5, 0.6) is 0 Å². The standard InChI is InChI=1S/C29H38BN3O4/c1-27(2,3)35-26(34)33-22-10-8-9-21(22)25-31-23-16-13-19(17-24(23)32-25)18-11-14-20(15-12-18)30-36-28(4,5)29(6,7)37-30/h11-17,21-22H,8-10H2,1-7H3,(H,31,32)(H,33,34)/t21-,22-/m0/s1. The molecule has 2 atom stereocenters. The molecule has 8 heteroatoms. The Kier molecular flexibility index (Phi) is 6.40. The number of alkyl carbamates (subject to hydrolysis) is 1. The van der Waals surface area contributed by atoms with Crippen LogP contribution >= 0.6 is 0 Å². The fourth-order valence-electron chi connectivity index (χ4n) is 5.12. The molecule has 0 spiro atoms. The van der Waals surface area contributed by atoms with Gasteiger partial charge in [-0.1, -0.05) is 36.8 Å². The molecule has 3 aromatic rings. The summed E-state index contributed by atoms with van der Waals surface area (Å²) < 4.78 is 17.9. The average Bonchev–Trinajstić information content (AvgIpc) is 3.47. The Morgan fingerprint density at radius 3 is 2.32 bits per heavy atom. The average molecular weight is 503 g/mol. The maximum atomic E-state index is 12.4. The predicted molar refractivity (Wildman–Crippen MR) is 147 cm³/mol. The first-order valence-corrected chi connectivity index (χ1v) is 13.3. The van der Waals surface area contributed by atoms with Crippen LogP contribution in [0, 0.1) is 0 Å². The molecule has 0 bridgehead atoms. The molecule has 0 radical (unpaired) electrons. The second kappa shape index (κ2) is 9.17. The van der Waals surface area contributed by atoms with Crippen LogP contribution in [0.4, 0.5) is 4.79 Å². The van der Waals surface area contributed by atoms with E-state index in [0.29, 0.717) is 0 Å². The van der Waals surface area contributed by atoms with Crippen LogP contribution in [0.25, 0.3) is 22.2 Å². The molecule has 37 heavy (non-hydrogen) atoms. The molecule has 1 aliphatic carbocycles. The number of aromatic amines is 1. The van der Waals surface area contributed by atoms with Crippen molar-refractivity contribution >= 4 is 29.7 Å². The molecule has 2 aliphatic rings. The molecule has 2 fully saturated rings. The lowest BCUT2D eigenvalue weighted by molar-refractivity contribution is 0.00578. The molecule has 1 amide bonds. The van der Waals surface area contributed by atoms with Gasteiger partial charge < -0.3 is 24.3 Å². The Hall–Kier alpha value is -2.84. The van der Waals surface area contributed by atoms with Crippen molar-refractivity contribution in [1.29, 1.82) is 0 Å². The number of nitrogens with zero attached hydrogens (tertiary/aromatic N) is 1. The van der Waals surface area contributed by atoms with Crippen molar-refractivity contribution in [2.24, 2.45) is 0 Å². The van der Waals surface area contributed by atoms with E-state index in [1.807, 2.05) is 20.8 Å². The quantitative estimate of drug-likeness (QED) is 0.447. The molecular weight excluding hydrogens is 465 g/mol. The maximum Gasteiger partial charge on any atom is 0.494 e. The van der Waals surface area contributed by atoms with Crippen molar-refractivity contribution in [1.82, 2.24) is 15.3 Å². The Bertz CT molecular complexity index is 1280. The Morgan fingerprint density at radius 1 is 1.03 bits per heavy atom. The normalized spacial score (nSPS) is 22.9. The van der Waals surface area contributed by atoms with E-state index < -0.39 is 5.60 Å². The molecule has 2 aromatic carbocycles. The Morgan fingerprint density at radius 2 is 1.68 bits per heavy atom. The first-order chi connectivity index (χ1) is 17.3. The van der Waals surface area contributed by atoms with Gasteiger partial charge in [-0.2, -0.15) is 0 Å². The molecule has 1 saturated heterocycles. The number of imidazole rings is 1. The summed E-state index contributed by atoms with van der Waals surface area (Å²) in [5.74, 6) is 1.06. The van der Waals surface area contributed by atoms with E-state index in [9.17, 15) is 4.79 Å². The van der Waals surface area contributed by atoms with Gasteiger partial charge in [0.2, 0.25) is 0 Å². The highest BCUT2D eigenvalue weighted by atomic mass is 16.7. The van der Waals surface area contributed by atoms with E-state index in [-0.39, 0.29) is 36.4 Å². The zero-order chi connectivity index (χ0) is 26.6. The summed E-state index contributed by atoms with van der Waals surface area (Å²) in [6, 6.07) is 14.7. The highest BCUT2D eigenvalue weighted by molar-refractivity contribution is 6.62. The first-order valence-electron chi connectivity index (χ1n) is 13.3. The molecule has 0 unspecified atom stereocenters. The number of fused-ring (bicyclic) bond motifs is 1. The van der Waals surface area contributed by atoms with Gasteiger partial charge in [0, 0.05) is 12.0 Å². The third-order valence-corrected chi connectivity index (χ3v) is 7.84. The number of nitrogens with one attached hydrogen (secondary N) is 2. The Balaban J connectivity index is 1.32. The van der Waals surface area contributed by atoms with E-state index in [1.165, 1.54) is 0 Å². The summed E-state index contributed by atoms with van der Waals surface area (Å²) in [6.45, 7) is 13.9. The maximum absolute atomic E-state index is 12.4. The zero-order valence-corrected chi connectivity index (χ0v) is 23.0. The number of rotatable bonds is 4. The van der Waals surface area contributed by atoms with Gasteiger partial charge in [-0.05, 0) is 90.0 Å². The van der Waals surface area contributed by atoms with Crippen molar-refractivity contribution < 1.29 is 18.8 Å². The van der Waals surface area contributed by atoms with Crippen molar-refractivity contribution in [2.75, 3.05) is 0 Å². The van der Waals surface area contributed by atoms with Crippen LogP contribution in [0.15, 0.2) is 42.5 Å². The van der Waals surface area contributed by atoms with Crippen LogP contribution in [0.3, 0.4) is 0 Å². The molecule has 1 aromatic heterocycles. The van der Waals surface area contributed by atoms with Crippen molar-refractivity contribution in [3.8, 4) is 11.1 Å². The molecule has 1 saturated carbocycles.